The summed E-state index contributed by atoms with van der Waals surface area (Å²) in [5.74, 6) is 0.250. The van der Waals surface area contributed by atoms with E-state index < -0.39 is 0 Å². The van der Waals surface area contributed by atoms with Crippen molar-refractivity contribution in [2.45, 2.75) is 4.90 Å². The van der Waals surface area contributed by atoms with Gasteiger partial charge in [0.2, 0.25) is 6.41 Å². The van der Waals surface area contributed by atoms with Crippen molar-refractivity contribution in [1.29, 1.82) is 0 Å². The molecule has 0 atom stereocenters. The number of rotatable bonds is 4. The summed E-state index contributed by atoms with van der Waals surface area (Å²) >= 11 is 1.38. The molecule has 2 aromatic heterocycles. The molecule has 0 spiro atoms. The average molecular weight is 301 g/mol. The van der Waals surface area contributed by atoms with Gasteiger partial charge in [0.25, 0.3) is 0 Å². The lowest BCUT2D eigenvalue weighted by Crippen LogP contribution is -1.92. The maximum Gasteiger partial charge on any atom is 0.212 e. The Labute approximate surface area is 125 Å². The van der Waals surface area contributed by atoms with E-state index in [2.05, 4.69) is 10.3 Å². The van der Waals surface area contributed by atoms with E-state index in [1.54, 1.807) is 16.7 Å². The Hall–Kier alpha value is -2.34. The van der Waals surface area contributed by atoms with Crippen LogP contribution in [-0.4, -0.2) is 22.1 Å². The van der Waals surface area contributed by atoms with Crippen LogP contribution in [0, 0.1) is 5.82 Å². The fraction of sp³-hybridized carbons (Fsp3) is 0.0667. The van der Waals surface area contributed by atoms with Crippen LogP contribution in [0.4, 0.5) is 10.2 Å². The van der Waals surface area contributed by atoms with Crippen molar-refractivity contribution in [2.24, 2.45) is 0 Å². The van der Waals surface area contributed by atoms with E-state index >= 15 is 0 Å². The van der Waals surface area contributed by atoms with Gasteiger partial charge in [0.05, 0.1) is 11.1 Å². The van der Waals surface area contributed by atoms with E-state index in [0.717, 1.165) is 11.1 Å². The summed E-state index contributed by atoms with van der Waals surface area (Å²) in [4.78, 5) is 15.3. The molecule has 0 aliphatic heterocycles. The maximum absolute atomic E-state index is 13.9. The van der Waals surface area contributed by atoms with Gasteiger partial charge in [0.15, 0.2) is 5.82 Å². The molecule has 3 aromatic rings. The third kappa shape index (κ3) is 2.50. The van der Waals surface area contributed by atoms with Crippen LogP contribution in [0.3, 0.4) is 0 Å². The number of thioether (sulfide) groups is 1. The van der Waals surface area contributed by atoms with Crippen LogP contribution in [0.1, 0.15) is 0 Å². The summed E-state index contributed by atoms with van der Waals surface area (Å²) in [6.45, 7) is 0. The lowest BCUT2D eigenvalue weighted by molar-refractivity contribution is -0.105. The van der Waals surface area contributed by atoms with Gasteiger partial charge in [-0.1, -0.05) is 12.1 Å². The maximum atomic E-state index is 13.9. The number of carbonyl (C=O) groups is 1. The molecule has 0 saturated carbocycles. The number of carbonyl (C=O) groups excluding carboxylic acids is 1. The fourth-order valence-corrected chi connectivity index (χ4v) is 2.89. The second-order valence-electron chi connectivity index (χ2n) is 4.39. The predicted molar refractivity (Wildman–Crippen MR) is 82.1 cm³/mol. The minimum atomic E-state index is -0.228. The second-order valence-corrected chi connectivity index (χ2v) is 5.21. The zero-order chi connectivity index (χ0) is 14.8. The highest BCUT2D eigenvalue weighted by atomic mass is 32.2. The first-order chi connectivity index (χ1) is 10.2. The van der Waals surface area contributed by atoms with E-state index in [0.29, 0.717) is 22.8 Å². The summed E-state index contributed by atoms with van der Waals surface area (Å²) in [6.07, 6.45) is 6.02. The van der Waals surface area contributed by atoms with Crippen LogP contribution in [0.15, 0.2) is 47.6 Å². The Morgan fingerprint density at radius 3 is 2.90 bits per heavy atom. The molecule has 0 unspecified atom stereocenters. The Morgan fingerprint density at radius 1 is 1.29 bits per heavy atom. The molecular formula is C15H12FN3OS. The molecular weight excluding hydrogens is 289 g/mol. The molecule has 21 heavy (non-hydrogen) atoms. The van der Waals surface area contributed by atoms with Gasteiger partial charge in [-0.25, -0.2) is 9.37 Å². The number of imidazole rings is 1. The molecule has 1 amide bonds. The number of halogens is 1. The highest BCUT2D eigenvalue weighted by Crippen LogP contribution is 2.32. The smallest absolute Gasteiger partial charge is 0.212 e. The minimum Gasteiger partial charge on any atom is -0.312 e. The standard InChI is InChI=1S/C15H12FN3OS/c1-21-15-11(3-2-4-12(15)16)10-5-6-14-18-13(17-9-20)8-19(14)7-10/h2-9H,1H3,(H,17,20). The number of aromatic nitrogens is 2. The fourth-order valence-electron chi connectivity index (χ4n) is 2.22. The molecule has 1 aromatic carbocycles. The number of amides is 1. The largest absolute Gasteiger partial charge is 0.312 e. The lowest BCUT2D eigenvalue weighted by Gasteiger charge is -2.08. The molecule has 4 nitrogen and oxygen atoms in total. The van der Waals surface area contributed by atoms with Crippen molar-refractivity contribution in [2.75, 3.05) is 11.6 Å². The zero-order valence-corrected chi connectivity index (χ0v) is 12.0. The van der Waals surface area contributed by atoms with E-state index in [1.807, 2.05) is 30.7 Å². The molecule has 6 heteroatoms. The van der Waals surface area contributed by atoms with Crippen LogP contribution in [0.5, 0.6) is 0 Å². The van der Waals surface area contributed by atoms with E-state index in [4.69, 9.17) is 0 Å². The first-order valence-corrected chi connectivity index (χ1v) is 7.47. The highest BCUT2D eigenvalue weighted by Gasteiger charge is 2.10. The molecule has 0 fully saturated rings. The number of nitrogens with one attached hydrogen (secondary N) is 1. The number of hydrogen-bond acceptors (Lipinski definition) is 3. The lowest BCUT2D eigenvalue weighted by atomic mass is 10.1. The summed E-state index contributed by atoms with van der Waals surface area (Å²) in [6, 6.07) is 8.76. The quantitative estimate of drug-likeness (QED) is 0.593. The van der Waals surface area contributed by atoms with E-state index in [1.165, 1.54) is 17.8 Å². The molecule has 1 N–H and O–H groups in total. The van der Waals surface area contributed by atoms with Crippen molar-refractivity contribution in [3.63, 3.8) is 0 Å². The van der Waals surface area contributed by atoms with Gasteiger partial charge < -0.3 is 9.72 Å². The molecule has 3 rings (SSSR count). The summed E-state index contributed by atoms with van der Waals surface area (Å²) in [5.41, 5.74) is 2.44. The molecule has 106 valence electrons. The molecule has 0 aliphatic carbocycles. The topological polar surface area (TPSA) is 46.4 Å². The molecule has 0 aliphatic rings. The number of hydrogen-bond donors (Lipinski definition) is 1. The van der Waals surface area contributed by atoms with Gasteiger partial charge >= 0.3 is 0 Å². The van der Waals surface area contributed by atoms with E-state index in [-0.39, 0.29) is 5.82 Å². The van der Waals surface area contributed by atoms with Gasteiger partial charge in [-0.05, 0) is 35.6 Å². The normalized spacial score (nSPS) is 10.8. The van der Waals surface area contributed by atoms with Crippen LogP contribution in [0.25, 0.3) is 16.8 Å². The third-order valence-electron chi connectivity index (χ3n) is 3.14. The third-order valence-corrected chi connectivity index (χ3v) is 3.96. The Morgan fingerprint density at radius 2 is 2.14 bits per heavy atom. The zero-order valence-electron chi connectivity index (χ0n) is 11.2. The first-order valence-electron chi connectivity index (χ1n) is 6.25. The van der Waals surface area contributed by atoms with Crippen LogP contribution < -0.4 is 5.32 Å². The van der Waals surface area contributed by atoms with E-state index in [9.17, 15) is 9.18 Å². The SMILES string of the molecule is CSc1c(F)cccc1-c1ccc2nc(NC=O)cn2c1. The van der Waals surface area contributed by atoms with Crippen molar-refractivity contribution in [3.05, 3.63) is 48.5 Å². The van der Waals surface area contributed by atoms with Crippen LogP contribution in [-0.2, 0) is 4.79 Å². The monoisotopic (exact) mass is 301 g/mol. The van der Waals surface area contributed by atoms with Gasteiger partial charge in [-0.2, -0.15) is 0 Å². The van der Waals surface area contributed by atoms with Gasteiger partial charge in [-0.3, -0.25) is 4.79 Å². The summed E-state index contributed by atoms with van der Waals surface area (Å²) in [5, 5.41) is 2.51. The number of benzene rings is 1. The van der Waals surface area contributed by atoms with Gasteiger partial charge in [-0.15, -0.1) is 11.8 Å². The Kier molecular flexibility index (Phi) is 3.62. The predicted octanol–water partition coefficient (Wildman–Crippen LogP) is 3.43. The molecule has 2 heterocycles. The number of nitrogens with zero attached hydrogens (tertiary/aromatic N) is 2. The Balaban J connectivity index is 2.12. The van der Waals surface area contributed by atoms with Crippen molar-refractivity contribution in [3.8, 4) is 11.1 Å². The van der Waals surface area contributed by atoms with Crippen LogP contribution in [0.2, 0.25) is 0 Å². The first kappa shape index (κ1) is 13.6. The summed E-state index contributed by atoms with van der Waals surface area (Å²) < 4.78 is 15.7. The van der Waals surface area contributed by atoms with Gasteiger partial charge in [0.1, 0.15) is 11.5 Å². The van der Waals surface area contributed by atoms with Crippen molar-refractivity contribution < 1.29 is 9.18 Å². The molecule has 0 bridgehead atoms. The highest BCUT2D eigenvalue weighted by molar-refractivity contribution is 7.98. The Bertz CT molecular complexity index is 816. The van der Waals surface area contributed by atoms with Crippen molar-refractivity contribution >= 4 is 29.6 Å². The average Bonchev–Trinajstić information content (AvgIpc) is 2.88. The van der Waals surface area contributed by atoms with Crippen molar-refractivity contribution in [1.82, 2.24) is 9.38 Å². The summed E-state index contributed by atoms with van der Waals surface area (Å²) in [7, 11) is 0. The number of pyridine rings is 1. The molecule has 0 saturated heterocycles. The van der Waals surface area contributed by atoms with Crippen LogP contribution >= 0.6 is 11.8 Å². The number of fused-ring (bicyclic) bond motifs is 1. The number of anilines is 1. The second kappa shape index (κ2) is 5.57. The van der Waals surface area contributed by atoms with Gasteiger partial charge in [0, 0.05) is 6.20 Å². The minimum absolute atomic E-state index is 0.228. The molecule has 0 radical (unpaired) electrons.